The summed E-state index contributed by atoms with van der Waals surface area (Å²) in [4.78, 5) is 13.2. The van der Waals surface area contributed by atoms with Crippen LogP contribution in [0.3, 0.4) is 0 Å². The van der Waals surface area contributed by atoms with Crippen molar-refractivity contribution >= 4 is 17.3 Å². The van der Waals surface area contributed by atoms with Crippen molar-refractivity contribution in [3.8, 4) is 0 Å². The number of thiophene rings is 1. The van der Waals surface area contributed by atoms with Crippen molar-refractivity contribution in [3.05, 3.63) is 21.4 Å². The maximum absolute atomic E-state index is 10.5. The molecule has 0 saturated heterocycles. The van der Waals surface area contributed by atoms with E-state index in [0.29, 0.717) is 6.42 Å². The van der Waals surface area contributed by atoms with Crippen LogP contribution in [0.4, 0.5) is 0 Å². The summed E-state index contributed by atoms with van der Waals surface area (Å²) in [6, 6.07) is 2.71. The fourth-order valence-corrected chi connectivity index (χ4v) is 3.04. The number of aliphatic carboxylic acids is 1. The minimum absolute atomic E-state index is 0.223. The van der Waals surface area contributed by atoms with E-state index in [9.17, 15) is 4.79 Å². The molecule has 1 heterocycles. The number of carboxylic acid groups (broad SMARTS) is 1. The molecule has 0 bridgehead atoms. The largest absolute Gasteiger partial charge is 0.481 e. The molecular weight excluding hydrogens is 234 g/mol. The molecule has 17 heavy (non-hydrogen) atoms. The number of hydrogen-bond donors (Lipinski definition) is 2. The fourth-order valence-electron chi connectivity index (χ4n) is 2.02. The van der Waals surface area contributed by atoms with Gasteiger partial charge in [0.1, 0.15) is 0 Å². The number of hydrogen-bond acceptors (Lipinski definition) is 3. The standard InChI is InChI=1S/C13H21NO2S/c1-8(5-6-13(15)16)14-10(3)12-7-9(2)17-11(12)4/h7-8,10,14H,5-6H2,1-4H3,(H,15,16). The molecule has 0 radical (unpaired) electrons. The second-order valence-electron chi connectivity index (χ2n) is 4.59. The molecule has 2 N–H and O–H groups in total. The van der Waals surface area contributed by atoms with E-state index < -0.39 is 5.97 Å². The zero-order valence-corrected chi connectivity index (χ0v) is 11.7. The van der Waals surface area contributed by atoms with E-state index in [4.69, 9.17) is 5.11 Å². The molecule has 1 aromatic heterocycles. The Morgan fingerprint density at radius 1 is 1.47 bits per heavy atom. The lowest BCUT2D eigenvalue weighted by molar-refractivity contribution is -0.137. The SMILES string of the molecule is Cc1cc(C(C)NC(C)CCC(=O)O)c(C)s1. The third-order valence-electron chi connectivity index (χ3n) is 2.87. The number of carbonyl (C=O) groups is 1. The van der Waals surface area contributed by atoms with E-state index in [1.807, 2.05) is 18.3 Å². The Balaban J connectivity index is 2.51. The van der Waals surface area contributed by atoms with Gasteiger partial charge in [0.2, 0.25) is 0 Å². The molecule has 0 spiro atoms. The van der Waals surface area contributed by atoms with Gasteiger partial charge in [0.05, 0.1) is 0 Å². The summed E-state index contributed by atoms with van der Waals surface area (Å²) in [6.07, 6.45) is 0.893. The third kappa shape index (κ3) is 4.48. The van der Waals surface area contributed by atoms with Crippen molar-refractivity contribution in [1.29, 1.82) is 0 Å². The van der Waals surface area contributed by atoms with Gasteiger partial charge in [0.15, 0.2) is 0 Å². The predicted octanol–water partition coefficient (Wildman–Crippen LogP) is 3.27. The summed E-state index contributed by atoms with van der Waals surface area (Å²) in [5.41, 5.74) is 1.33. The molecule has 0 fully saturated rings. The molecule has 2 unspecified atom stereocenters. The van der Waals surface area contributed by atoms with Crippen LogP contribution in [0.1, 0.15) is 48.0 Å². The lowest BCUT2D eigenvalue weighted by atomic mass is 10.1. The van der Waals surface area contributed by atoms with Crippen LogP contribution in [0.2, 0.25) is 0 Å². The van der Waals surface area contributed by atoms with Crippen molar-refractivity contribution < 1.29 is 9.90 Å². The van der Waals surface area contributed by atoms with Gasteiger partial charge in [0.25, 0.3) is 0 Å². The van der Waals surface area contributed by atoms with Gasteiger partial charge in [-0.1, -0.05) is 0 Å². The molecule has 0 aliphatic heterocycles. The molecule has 0 amide bonds. The molecule has 0 aliphatic carbocycles. The van der Waals surface area contributed by atoms with Gasteiger partial charge in [-0.05, 0) is 45.7 Å². The lowest BCUT2D eigenvalue weighted by Crippen LogP contribution is -2.29. The van der Waals surface area contributed by atoms with E-state index in [0.717, 1.165) is 0 Å². The summed E-state index contributed by atoms with van der Waals surface area (Å²) in [5.74, 6) is -0.728. The summed E-state index contributed by atoms with van der Waals surface area (Å²) in [7, 11) is 0. The molecule has 0 saturated carbocycles. The molecule has 96 valence electrons. The quantitative estimate of drug-likeness (QED) is 0.820. The zero-order chi connectivity index (χ0) is 13.0. The van der Waals surface area contributed by atoms with E-state index in [-0.39, 0.29) is 18.5 Å². The Morgan fingerprint density at radius 2 is 2.12 bits per heavy atom. The first kappa shape index (κ1) is 14.2. The van der Waals surface area contributed by atoms with Gasteiger partial charge >= 0.3 is 5.97 Å². The monoisotopic (exact) mass is 255 g/mol. The number of rotatable bonds is 6. The smallest absolute Gasteiger partial charge is 0.303 e. The zero-order valence-electron chi connectivity index (χ0n) is 10.9. The van der Waals surface area contributed by atoms with Gasteiger partial charge < -0.3 is 10.4 Å². The highest BCUT2D eigenvalue weighted by atomic mass is 32.1. The van der Waals surface area contributed by atoms with Crippen LogP contribution in [-0.2, 0) is 4.79 Å². The highest BCUT2D eigenvalue weighted by Crippen LogP contribution is 2.26. The first-order chi connectivity index (χ1) is 7.90. The van der Waals surface area contributed by atoms with E-state index >= 15 is 0 Å². The van der Waals surface area contributed by atoms with Gasteiger partial charge in [-0.25, -0.2) is 0 Å². The van der Waals surface area contributed by atoms with Crippen molar-refractivity contribution in [2.24, 2.45) is 0 Å². The molecule has 3 nitrogen and oxygen atoms in total. The first-order valence-electron chi connectivity index (χ1n) is 5.95. The molecule has 2 atom stereocenters. The molecule has 1 rings (SSSR count). The Bertz CT molecular complexity index is 387. The number of carboxylic acids is 1. The highest BCUT2D eigenvalue weighted by molar-refractivity contribution is 7.12. The second-order valence-corrected chi connectivity index (χ2v) is 6.05. The Kier molecular flexibility index (Phi) is 5.15. The Labute approximate surface area is 107 Å². The summed E-state index contributed by atoms with van der Waals surface area (Å²) in [5, 5.41) is 12.1. The van der Waals surface area contributed by atoms with Gasteiger partial charge in [-0.3, -0.25) is 4.79 Å². The minimum Gasteiger partial charge on any atom is -0.481 e. The minimum atomic E-state index is -0.728. The maximum atomic E-state index is 10.5. The Morgan fingerprint density at radius 3 is 2.59 bits per heavy atom. The van der Waals surface area contributed by atoms with Crippen LogP contribution in [-0.4, -0.2) is 17.1 Å². The molecule has 4 heteroatoms. The summed E-state index contributed by atoms with van der Waals surface area (Å²) >= 11 is 1.81. The summed E-state index contributed by atoms with van der Waals surface area (Å²) in [6.45, 7) is 8.41. The number of aryl methyl sites for hydroxylation is 2. The van der Waals surface area contributed by atoms with Gasteiger partial charge in [-0.15, -0.1) is 11.3 Å². The number of nitrogens with one attached hydrogen (secondary N) is 1. The van der Waals surface area contributed by atoms with Crippen LogP contribution in [0.15, 0.2) is 6.07 Å². The third-order valence-corrected chi connectivity index (χ3v) is 3.85. The average molecular weight is 255 g/mol. The lowest BCUT2D eigenvalue weighted by Gasteiger charge is -2.19. The average Bonchev–Trinajstić information content (AvgIpc) is 2.55. The van der Waals surface area contributed by atoms with Gasteiger partial charge in [0, 0.05) is 28.3 Å². The molecule has 0 aliphatic rings. The maximum Gasteiger partial charge on any atom is 0.303 e. The molecule has 0 aromatic carbocycles. The van der Waals surface area contributed by atoms with Crippen molar-refractivity contribution in [2.45, 2.75) is 52.6 Å². The van der Waals surface area contributed by atoms with E-state index in [1.165, 1.54) is 15.3 Å². The summed E-state index contributed by atoms with van der Waals surface area (Å²) < 4.78 is 0. The van der Waals surface area contributed by atoms with Crippen molar-refractivity contribution in [3.63, 3.8) is 0 Å². The van der Waals surface area contributed by atoms with E-state index in [2.05, 4.69) is 32.2 Å². The second kappa shape index (κ2) is 6.17. The predicted molar refractivity (Wildman–Crippen MR) is 71.7 cm³/mol. The van der Waals surface area contributed by atoms with Gasteiger partial charge in [-0.2, -0.15) is 0 Å². The van der Waals surface area contributed by atoms with Crippen molar-refractivity contribution in [1.82, 2.24) is 5.32 Å². The van der Waals surface area contributed by atoms with Crippen LogP contribution in [0.5, 0.6) is 0 Å². The fraction of sp³-hybridized carbons (Fsp3) is 0.615. The topological polar surface area (TPSA) is 49.3 Å². The normalized spacial score (nSPS) is 14.6. The van der Waals surface area contributed by atoms with Crippen LogP contribution >= 0.6 is 11.3 Å². The van der Waals surface area contributed by atoms with Crippen LogP contribution in [0.25, 0.3) is 0 Å². The van der Waals surface area contributed by atoms with Crippen LogP contribution < -0.4 is 5.32 Å². The molecular formula is C13H21NO2S. The van der Waals surface area contributed by atoms with Crippen LogP contribution in [0, 0.1) is 13.8 Å². The highest BCUT2D eigenvalue weighted by Gasteiger charge is 2.14. The van der Waals surface area contributed by atoms with E-state index in [1.54, 1.807) is 0 Å². The van der Waals surface area contributed by atoms with Crippen molar-refractivity contribution in [2.75, 3.05) is 0 Å². The Hall–Kier alpha value is -0.870. The molecule has 1 aromatic rings. The first-order valence-corrected chi connectivity index (χ1v) is 6.76.